The molecule has 3 N–H and O–H groups in total. The van der Waals surface area contributed by atoms with E-state index in [-0.39, 0.29) is 23.6 Å². The van der Waals surface area contributed by atoms with Crippen LogP contribution in [0, 0.1) is 19.8 Å². The van der Waals surface area contributed by atoms with Crippen LogP contribution in [0.3, 0.4) is 0 Å². The minimum absolute atomic E-state index is 0.0153. The lowest BCUT2D eigenvalue weighted by Gasteiger charge is -2.17. The number of nitrogens with one attached hydrogen (secondary N) is 1. The van der Waals surface area contributed by atoms with Crippen molar-refractivity contribution in [2.24, 2.45) is 5.92 Å². The second-order valence-corrected chi connectivity index (χ2v) is 5.28. The second-order valence-electron chi connectivity index (χ2n) is 5.28. The van der Waals surface area contributed by atoms with Crippen LogP contribution < -0.4 is 5.32 Å². The zero-order valence-corrected chi connectivity index (χ0v) is 12.2. The molecule has 0 aliphatic carbocycles. The largest absolute Gasteiger partial charge is 0.478 e. The second kappa shape index (κ2) is 6.52. The van der Waals surface area contributed by atoms with Gasteiger partial charge in [0.1, 0.15) is 0 Å². The molecule has 1 rings (SSSR count). The molecule has 5 nitrogen and oxygen atoms in total. The smallest absolute Gasteiger partial charge is 0.336 e. The summed E-state index contributed by atoms with van der Waals surface area (Å²) in [7, 11) is 0. The van der Waals surface area contributed by atoms with Gasteiger partial charge < -0.3 is 15.5 Å². The average Bonchev–Trinajstić information content (AvgIpc) is 2.37. The van der Waals surface area contributed by atoms with E-state index in [9.17, 15) is 19.8 Å². The molecule has 0 aliphatic heterocycles. The van der Waals surface area contributed by atoms with E-state index in [0.717, 1.165) is 0 Å². The SMILES string of the molecule is Cc1ccc(C)c(C(=O)NCC(O)C(C)C)c1C(=O)O. The molecule has 0 spiro atoms. The maximum atomic E-state index is 12.2. The number of carboxylic acids is 1. The van der Waals surface area contributed by atoms with E-state index in [1.54, 1.807) is 26.0 Å². The summed E-state index contributed by atoms with van der Waals surface area (Å²) in [5, 5.41) is 21.5. The van der Waals surface area contributed by atoms with Gasteiger partial charge in [0.25, 0.3) is 5.91 Å². The van der Waals surface area contributed by atoms with E-state index in [1.165, 1.54) is 0 Å². The summed E-state index contributed by atoms with van der Waals surface area (Å²) in [6.45, 7) is 7.14. The number of rotatable bonds is 5. The summed E-state index contributed by atoms with van der Waals surface area (Å²) in [5.41, 5.74) is 1.32. The lowest BCUT2D eigenvalue weighted by Crippen LogP contribution is -2.35. The molecule has 1 unspecified atom stereocenters. The maximum Gasteiger partial charge on any atom is 0.336 e. The number of hydrogen-bond donors (Lipinski definition) is 3. The Bertz CT molecular complexity index is 523. The molecule has 1 aromatic carbocycles. The van der Waals surface area contributed by atoms with Gasteiger partial charge in [0, 0.05) is 6.54 Å². The Labute approximate surface area is 118 Å². The number of carbonyl (C=O) groups is 2. The molecule has 1 aromatic rings. The number of amides is 1. The molecule has 0 fully saturated rings. The third kappa shape index (κ3) is 3.57. The molecule has 0 radical (unpaired) electrons. The van der Waals surface area contributed by atoms with Gasteiger partial charge in [0.15, 0.2) is 0 Å². The lowest BCUT2D eigenvalue weighted by molar-refractivity contribution is 0.0688. The molecule has 0 aliphatic rings. The van der Waals surface area contributed by atoms with Crippen molar-refractivity contribution in [2.75, 3.05) is 6.54 Å². The van der Waals surface area contributed by atoms with Crippen molar-refractivity contribution in [2.45, 2.75) is 33.8 Å². The average molecular weight is 279 g/mol. The number of aliphatic hydroxyl groups excluding tert-OH is 1. The molecule has 0 heterocycles. The van der Waals surface area contributed by atoms with Crippen LogP contribution in [0.4, 0.5) is 0 Å². The maximum absolute atomic E-state index is 12.2. The van der Waals surface area contributed by atoms with Gasteiger partial charge in [-0.2, -0.15) is 0 Å². The molecule has 0 saturated carbocycles. The topological polar surface area (TPSA) is 86.6 Å². The lowest BCUT2D eigenvalue weighted by atomic mass is 9.96. The van der Waals surface area contributed by atoms with E-state index in [4.69, 9.17) is 0 Å². The molecule has 1 atom stereocenters. The van der Waals surface area contributed by atoms with Crippen molar-refractivity contribution in [3.8, 4) is 0 Å². The van der Waals surface area contributed by atoms with Crippen molar-refractivity contribution in [3.63, 3.8) is 0 Å². The molecule has 0 bridgehead atoms. The molecule has 110 valence electrons. The third-order valence-electron chi connectivity index (χ3n) is 3.30. The van der Waals surface area contributed by atoms with E-state index in [0.29, 0.717) is 11.1 Å². The first-order chi connectivity index (χ1) is 9.25. The highest BCUT2D eigenvalue weighted by molar-refractivity contribution is 6.06. The molecular weight excluding hydrogens is 258 g/mol. The summed E-state index contributed by atoms with van der Waals surface area (Å²) < 4.78 is 0. The zero-order chi connectivity index (χ0) is 15.4. The summed E-state index contributed by atoms with van der Waals surface area (Å²) in [5.74, 6) is -1.57. The van der Waals surface area contributed by atoms with Crippen LogP contribution in [0.1, 0.15) is 45.7 Å². The Morgan fingerprint density at radius 2 is 1.65 bits per heavy atom. The Hall–Kier alpha value is -1.88. The standard InChI is InChI=1S/C15H21NO4/c1-8(2)11(17)7-16-14(18)12-9(3)5-6-10(4)13(12)15(19)20/h5-6,8,11,17H,7H2,1-4H3,(H,16,18)(H,19,20). The summed E-state index contributed by atoms with van der Waals surface area (Å²) in [4.78, 5) is 23.5. The van der Waals surface area contributed by atoms with E-state index in [1.807, 2.05) is 13.8 Å². The van der Waals surface area contributed by atoms with Crippen LogP contribution in [0.5, 0.6) is 0 Å². The Balaban J connectivity index is 3.04. The number of aromatic carboxylic acids is 1. The van der Waals surface area contributed by atoms with Gasteiger partial charge in [-0.25, -0.2) is 4.79 Å². The Morgan fingerprint density at radius 3 is 2.10 bits per heavy atom. The number of hydrogen-bond acceptors (Lipinski definition) is 3. The highest BCUT2D eigenvalue weighted by Gasteiger charge is 2.22. The monoisotopic (exact) mass is 279 g/mol. The first-order valence-electron chi connectivity index (χ1n) is 6.55. The summed E-state index contributed by atoms with van der Waals surface area (Å²) in [6, 6.07) is 3.40. The highest BCUT2D eigenvalue weighted by Crippen LogP contribution is 2.19. The normalized spacial score (nSPS) is 12.3. The predicted octanol–water partition coefficient (Wildman–Crippen LogP) is 1.75. The van der Waals surface area contributed by atoms with Crippen LogP contribution in [0.15, 0.2) is 12.1 Å². The zero-order valence-electron chi connectivity index (χ0n) is 12.2. The number of carbonyl (C=O) groups excluding carboxylic acids is 1. The Morgan fingerprint density at radius 1 is 1.15 bits per heavy atom. The molecular formula is C15H21NO4. The van der Waals surface area contributed by atoms with Crippen molar-refractivity contribution in [1.82, 2.24) is 5.32 Å². The molecule has 20 heavy (non-hydrogen) atoms. The highest BCUT2D eigenvalue weighted by atomic mass is 16.4. The summed E-state index contributed by atoms with van der Waals surface area (Å²) >= 11 is 0. The van der Waals surface area contributed by atoms with E-state index in [2.05, 4.69) is 5.32 Å². The van der Waals surface area contributed by atoms with Crippen LogP contribution in [0.2, 0.25) is 0 Å². The van der Waals surface area contributed by atoms with Crippen molar-refractivity contribution < 1.29 is 19.8 Å². The predicted molar refractivity (Wildman–Crippen MR) is 76.1 cm³/mol. The van der Waals surface area contributed by atoms with Crippen LogP contribution in [-0.2, 0) is 0 Å². The van der Waals surface area contributed by atoms with Gasteiger partial charge in [-0.3, -0.25) is 4.79 Å². The first-order valence-corrected chi connectivity index (χ1v) is 6.55. The fourth-order valence-corrected chi connectivity index (χ4v) is 1.90. The van der Waals surface area contributed by atoms with Crippen molar-refractivity contribution in [3.05, 3.63) is 34.4 Å². The van der Waals surface area contributed by atoms with E-state index < -0.39 is 18.0 Å². The van der Waals surface area contributed by atoms with Crippen LogP contribution >= 0.6 is 0 Å². The minimum atomic E-state index is -1.12. The van der Waals surface area contributed by atoms with Gasteiger partial charge in [0.2, 0.25) is 0 Å². The van der Waals surface area contributed by atoms with Gasteiger partial charge in [-0.1, -0.05) is 26.0 Å². The number of aryl methyl sites for hydroxylation is 2. The van der Waals surface area contributed by atoms with Gasteiger partial charge in [0.05, 0.1) is 17.2 Å². The first kappa shape index (κ1) is 16.2. The van der Waals surface area contributed by atoms with E-state index >= 15 is 0 Å². The van der Waals surface area contributed by atoms with Crippen molar-refractivity contribution >= 4 is 11.9 Å². The Kier molecular flexibility index (Phi) is 5.27. The fraction of sp³-hybridized carbons (Fsp3) is 0.467. The molecule has 5 heteroatoms. The molecule has 0 saturated heterocycles. The number of benzene rings is 1. The van der Waals surface area contributed by atoms with Gasteiger partial charge >= 0.3 is 5.97 Å². The van der Waals surface area contributed by atoms with Crippen LogP contribution in [0.25, 0.3) is 0 Å². The quantitative estimate of drug-likeness (QED) is 0.766. The fourth-order valence-electron chi connectivity index (χ4n) is 1.90. The van der Waals surface area contributed by atoms with Gasteiger partial charge in [-0.05, 0) is 30.9 Å². The molecule has 1 amide bonds. The van der Waals surface area contributed by atoms with Crippen LogP contribution in [-0.4, -0.2) is 34.7 Å². The number of aliphatic hydroxyl groups is 1. The molecule has 0 aromatic heterocycles. The summed E-state index contributed by atoms with van der Waals surface area (Å²) in [6.07, 6.45) is -0.655. The number of carboxylic acid groups (broad SMARTS) is 1. The minimum Gasteiger partial charge on any atom is -0.478 e. The van der Waals surface area contributed by atoms with Gasteiger partial charge in [-0.15, -0.1) is 0 Å². The van der Waals surface area contributed by atoms with Crippen molar-refractivity contribution in [1.29, 1.82) is 0 Å². The third-order valence-corrected chi connectivity index (χ3v) is 3.30.